The van der Waals surface area contributed by atoms with E-state index in [0.717, 1.165) is 6.07 Å². The quantitative estimate of drug-likeness (QED) is 0.861. The van der Waals surface area contributed by atoms with Gasteiger partial charge in [-0.25, -0.2) is 4.39 Å². The van der Waals surface area contributed by atoms with E-state index in [4.69, 9.17) is 10.5 Å². The first-order chi connectivity index (χ1) is 8.04. The highest BCUT2D eigenvalue weighted by Gasteiger charge is 2.11. The van der Waals surface area contributed by atoms with Crippen molar-refractivity contribution in [2.24, 2.45) is 5.73 Å². The van der Waals surface area contributed by atoms with Gasteiger partial charge in [-0.1, -0.05) is 0 Å². The number of carbonyl (C=O) groups is 1. The van der Waals surface area contributed by atoms with Gasteiger partial charge in [0.05, 0.1) is 0 Å². The Labute approximate surface area is 112 Å². The van der Waals surface area contributed by atoms with Gasteiger partial charge in [-0.2, -0.15) is 0 Å². The van der Waals surface area contributed by atoms with E-state index < -0.39 is 5.82 Å². The van der Waals surface area contributed by atoms with E-state index in [2.05, 4.69) is 5.32 Å². The van der Waals surface area contributed by atoms with Crippen molar-refractivity contribution in [3.8, 4) is 5.75 Å². The van der Waals surface area contributed by atoms with Crippen LogP contribution in [0.25, 0.3) is 0 Å². The maximum absolute atomic E-state index is 13.5. The van der Waals surface area contributed by atoms with Crippen LogP contribution < -0.4 is 15.8 Å². The summed E-state index contributed by atoms with van der Waals surface area (Å²) in [4.78, 5) is 11.6. The van der Waals surface area contributed by atoms with Crippen LogP contribution >= 0.6 is 12.4 Å². The van der Waals surface area contributed by atoms with Crippen molar-refractivity contribution >= 4 is 18.3 Å². The fraction of sp³-hybridized carbons (Fsp3) is 0.417. The summed E-state index contributed by atoms with van der Waals surface area (Å²) in [5.41, 5.74) is 5.52. The molecule has 3 N–H and O–H groups in total. The molecule has 0 radical (unpaired) electrons. The Balaban J connectivity index is 0.00000289. The third-order valence-corrected chi connectivity index (χ3v) is 1.99. The molecule has 0 aliphatic rings. The topological polar surface area (TPSA) is 64.3 Å². The van der Waals surface area contributed by atoms with Crippen LogP contribution in [0.5, 0.6) is 5.75 Å². The third-order valence-electron chi connectivity index (χ3n) is 1.99. The van der Waals surface area contributed by atoms with Crippen molar-refractivity contribution in [2.75, 3.05) is 13.2 Å². The molecule has 0 atom stereocenters. The van der Waals surface area contributed by atoms with E-state index >= 15 is 0 Å². The summed E-state index contributed by atoms with van der Waals surface area (Å²) in [6.45, 7) is 4.24. The van der Waals surface area contributed by atoms with E-state index in [1.807, 2.05) is 13.8 Å². The zero-order chi connectivity index (χ0) is 12.8. The number of nitrogens with one attached hydrogen (secondary N) is 1. The zero-order valence-electron chi connectivity index (χ0n) is 10.4. The van der Waals surface area contributed by atoms with Crippen molar-refractivity contribution in [1.29, 1.82) is 0 Å². The zero-order valence-corrected chi connectivity index (χ0v) is 11.2. The lowest BCUT2D eigenvalue weighted by Gasteiger charge is -2.10. The summed E-state index contributed by atoms with van der Waals surface area (Å²) < 4.78 is 18.6. The fourth-order valence-electron chi connectivity index (χ4n) is 1.27. The summed E-state index contributed by atoms with van der Waals surface area (Å²) in [5, 5.41) is 2.68. The van der Waals surface area contributed by atoms with Gasteiger partial charge >= 0.3 is 0 Å². The van der Waals surface area contributed by atoms with Crippen molar-refractivity contribution in [1.82, 2.24) is 5.32 Å². The van der Waals surface area contributed by atoms with E-state index in [1.54, 1.807) is 0 Å². The van der Waals surface area contributed by atoms with E-state index in [9.17, 15) is 9.18 Å². The maximum Gasteiger partial charge on any atom is 0.251 e. The Morgan fingerprint density at radius 3 is 2.67 bits per heavy atom. The second-order valence-electron chi connectivity index (χ2n) is 3.91. The molecule has 0 spiro atoms. The SMILES string of the molecule is CC(C)NC(=O)c1ccc(OCCN)c(F)c1.Cl. The fourth-order valence-corrected chi connectivity index (χ4v) is 1.27. The first-order valence-electron chi connectivity index (χ1n) is 5.48. The normalized spacial score (nSPS) is 9.83. The average molecular weight is 277 g/mol. The highest BCUT2D eigenvalue weighted by Crippen LogP contribution is 2.18. The third kappa shape index (κ3) is 4.89. The molecule has 4 nitrogen and oxygen atoms in total. The van der Waals surface area contributed by atoms with Crippen molar-refractivity contribution in [3.63, 3.8) is 0 Å². The molecule has 102 valence electrons. The minimum atomic E-state index is -0.560. The number of hydrogen-bond acceptors (Lipinski definition) is 3. The van der Waals surface area contributed by atoms with Crippen molar-refractivity contribution in [3.05, 3.63) is 29.6 Å². The summed E-state index contributed by atoms with van der Waals surface area (Å²) in [7, 11) is 0. The number of amides is 1. The number of carbonyl (C=O) groups excluding carboxylic acids is 1. The molecule has 0 fully saturated rings. The Kier molecular flexibility index (Phi) is 7.31. The standard InChI is InChI=1S/C12H17FN2O2.ClH/c1-8(2)15-12(16)9-3-4-11(10(13)7-9)17-6-5-14;/h3-4,7-8H,5-6,14H2,1-2H3,(H,15,16);1H. The molecule has 0 unspecified atom stereocenters. The Hall–Kier alpha value is -1.33. The lowest BCUT2D eigenvalue weighted by atomic mass is 10.2. The molecule has 1 aromatic rings. The van der Waals surface area contributed by atoms with E-state index in [0.29, 0.717) is 6.54 Å². The van der Waals surface area contributed by atoms with E-state index in [-0.39, 0.29) is 42.3 Å². The minimum Gasteiger partial charge on any atom is -0.489 e. The summed E-state index contributed by atoms with van der Waals surface area (Å²) in [6.07, 6.45) is 0. The molecule has 0 aliphatic heterocycles. The minimum absolute atomic E-state index is 0. The lowest BCUT2D eigenvalue weighted by molar-refractivity contribution is 0.0942. The highest BCUT2D eigenvalue weighted by molar-refractivity contribution is 5.94. The van der Waals surface area contributed by atoms with Gasteiger partial charge in [-0.05, 0) is 32.0 Å². The number of ether oxygens (including phenoxy) is 1. The van der Waals surface area contributed by atoms with Crippen LogP contribution in [0.1, 0.15) is 24.2 Å². The molecule has 0 saturated heterocycles. The summed E-state index contributed by atoms with van der Waals surface area (Å²) in [6, 6.07) is 4.12. The van der Waals surface area contributed by atoms with Crippen LogP contribution in [0.3, 0.4) is 0 Å². The monoisotopic (exact) mass is 276 g/mol. The molecule has 1 aromatic carbocycles. The highest BCUT2D eigenvalue weighted by atomic mass is 35.5. The molecule has 18 heavy (non-hydrogen) atoms. The Morgan fingerprint density at radius 2 is 2.17 bits per heavy atom. The smallest absolute Gasteiger partial charge is 0.251 e. The van der Waals surface area contributed by atoms with Gasteiger partial charge in [0.1, 0.15) is 6.61 Å². The molecular weight excluding hydrogens is 259 g/mol. The second-order valence-corrected chi connectivity index (χ2v) is 3.91. The molecule has 0 aliphatic carbocycles. The molecular formula is C12H18ClFN2O2. The molecule has 0 bridgehead atoms. The Bertz CT molecular complexity index is 400. The maximum atomic E-state index is 13.5. The average Bonchev–Trinajstić information content (AvgIpc) is 2.26. The summed E-state index contributed by atoms with van der Waals surface area (Å²) >= 11 is 0. The number of nitrogens with two attached hydrogens (primary N) is 1. The predicted molar refractivity (Wildman–Crippen MR) is 70.8 cm³/mol. The molecule has 0 heterocycles. The predicted octanol–water partition coefficient (Wildman–Crippen LogP) is 1.72. The van der Waals surface area contributed by atoms with Crippen LogP contribution in [0.15, 0.2) is 18.2 Å². The van der Waals surface area contributed by atoms with Crippen LogP contribution in [0.4, 0.5) is 4.39 Å². The van der Waals surface area contributed by atoms with Crippen molar-refractivity contribution < 1.29 is 13.9 Å². The van der Waals surface area contributed by atoms with Crippen molar-refractivity contribution in [2.45, 2.75) is 19.9 Å². The van der Waals surface area contributed by atoms with Crippen LogP contribution in [0, 0.1) is 5.82 Å². The van der Waals surface area contributed by atoms with Gasteiger partial charge in [0.2, 0.25) is 0 Å². The molecule has 6 heteroatoms. The van der Waals surface area contributed by atoms with Gasteiger partial charge < -0.3 is 15.8 Å². The largest absolute Gasteiger partial charge is 0.489 e. The first-order valence-corrected chi connectivity index (χ1v) is 5.48. The lowest BCUT2D eigenvalue weighted by Crippen LogP contribution is -2.30. The van der Waals surface area contributed by atoms with Gasteiger partial charge in [-0.15, -0.1) is 12.4 Å². The van der Waals surface area contributed by atoms with Gasteiger partial charge in [-0.3, -0.25) is 4.79 Å². The van der Waals surface area contributed by atoms with Gasteiger partial charge in [0.15, 0.2) is 11.6 Å². The summed E-state index contributed by atoms with van der Waals surface area (Å²) in [5.74, 6) is -0.754. The van der Waals surface area contributed by atoms with E-state index in [1.165, 1.54) is 12.1 Å². The number of hydrogen-bond donors (Lipinski definition) is 2. The number of rotatable bonds is 5. The van der Waals surface area contributed by atoms with Crippen LogP contribution in [-0.4, -0.2) is 25.1 Å². The molecule has 1 rings (SSSR count). The second kappa shape index (κ2) is 7.89. The number of halogens is 2. The van der Waals surface area contributed by atoms with Crippen LogP contribution in [-0.2, 0) is 0 Å². The van der Waals surface area contributed by atoms with Gasteiger partial charge in [0.25, 0.3) is 5.91 Å². The van der Waals surface area contributed by atoms with Crippen LogP contribution in [0.2, 0.25) is 0 Å². The Morgan fingerprint density at radius 1 is 1.50 bits per heavy atom. The molecule has 0 aromatic heterocycles. The molecule has 1 amide bonds. The van der Waals surface area contributed by atoms with Gasteiger partial charge in [0, 0.05) is 18.2 Å². The number of benzene rings is 1. The first kappa shape index (κ1) is 16.7. The molecule has 0 saturated carbocycles.